The summed E-state index contributed by atoms with van der Waals surface area (Å²) in [6.07, 6.45) is 3.25. The minimum atomic E-state index is -0.275. The molecule has 26 heavy (non-hydrogen) atoms. The van der Waals surface area contributed by atoms with E-state index in [-0.39, 0.29) is 11.6 Å². The Morgan fingerprint density at radius 1 is 0.692 bits per heavy atom. The van der Waals surface area contributed by atoms with Crippen molar-refractivity contribution in [1.29, 1.82) is 0 Å². The van der Waals surface area contributed by atoms with Gasteiger partial charge in [-0.1, -0.05) is 24.3 Å². The molecule has 0 aliphatic carbocycles. The quantitative estimate of drug-likeness (QED) is 0.454. The van der Waals surface area contributed by atoms with Crippen molar-refractivity contribution in [3.63, 3.8) is 0 Å². The molecule has 2 aromatic carbocycles. The number of benzene rings is 2. The first kappa shape index (κ1) is 19.9. The van der Waals surface area contributed by atoms with E-state index >= 15 is 0 Å². The SMILES string of the molecule is Fc1cccc(C=NCCOCCOCCN=Cc2cccc(F)c2)c1. The maximum absolute atomic E-state index is 13.0. The molecule has 138 valence electrons. The molecule has 0 bridgehead atoms. The maximum Gasteiger partial charge on any atom is 0.123 e. The fourth-order valence-corrected chi connectivity index (χ4v) is 2.07. The van der Waals surface area contributed by atoms with Crippen LogP contribution in [0.25, 0.3) is 0 Å². The molecular formula is C20H22F2N2O2. The zero-order valence-electron chi connectivity index (χ0n) is 14.5. The summed E-state index contributed by atoms with van der Waals surface area (Å²) in [6.45, 7) is 2.93. The molecule has 0 spiro atoms. The van der Waals surface area contributed by atoms with Gasteiger partial charge in [-0.15, -0.1) is 0 Å². The lowest BCUT2D eigenvalue weighted by atomic mass is 10.2. The largest absolute Gasteiger partial charge is 0.377 e. The van der Waals surface area contributed by atoms with Crippen molar-refractivity contribution in [2.75, 3.05) is 39.5 Å². The molecule has 0 aromatic heterocycles. The average molecular weight is 360 g/mol. The molecule has 0 heterocycles. The first-order valence-electron chi connectivity index (χ1n) is 8.40. The maximum atomic E-state index is 13.0. The number of aliphatic imine (C=N–C) groups is 2. The van der Waals surface area contributed by atoms with E-state index in [2.05, 4.69) is 9.98 Å². The molecule has 0 aliphatic heterocycles. The highest BCUT2D eigenvalue weighted by Crippen LogP contribution is 2.01. The van der Waals surface area contributed by atoms with Crippen molar-refractivity contribution in [3.05, 3.63) is 71.3 Å². The molecule has 0 unspecified atom stereocenters. The summed E-state index contributed by atoms with van der Waals surface area (Å²) in [5, 5.41) is 0. The van der Waals surface area contributed by atoms with Crippen molar-refractivity contribution in [2.24, 2.45) is 9.98 Å². The van der Waals surface area contributed by atoms with Crippen LogP contribution < -0.4 is 0 Å². The highest BCUT2D eigenvalue weighted by Gasteiger charge is 1.93. The van der Waals surface area contributed by atoms with Gasteiger partial charge in [0.15, 0.2) is 0 Å². The van der Waals surface area contributed by atoms with Crippen molar-refractivity contribution in [3.8, 4) is 0 Å². The van der Waals surface area contributed by atoms with Crippen molar-refractivity contribution in [1.82, 2.24) is 0 Å². The zero-order chi connectivity index (χ0) is 18.5. The Hall–Kier alpha value is -2.44. The Balaban J connectivity index is 1.44. The van der Waals surface area contributed by atoms with Crippen LogP contribution in [0.2, 0.25) is 0 Å². The van der Waals surface area contributed by atoms with Gasteiger partial charge in [0.25, 0.3) is 0 Å². The first-order chi connectivity index (χ1) is 12.7. The molecular weight excluding hydrogens is 338 g/mol. The van der Waals surface area contributed by atoms with E-state index in [0.717, 1.165) is 11.1 Å². The summed E-state index contributed by atoms with van der Waals surface area (Å²) in [6, 6.07) is 12.5. The third-order valence-corrected chi connectivity index (χ3v) is 3.28. The number of halogens is 2. The van der Waals surface area contributed by atoms with Gasteiger partial charge in [-0.2, -0.15) is 0 Å². The summed E-state index contributed by atoms with van der Waals surface area (Å²) < 4.78 is 36.7. The van der Waals surface area contributed by atoms with Crippen LogP contribution in [0.1, 0.15) is 11.1 Å². The summed E-state index contributed by atoms with van der Waals surface area (Å²) in [7, 11) is 0. The molecule has 2 rings (SSSR count). The van der Waals surface area contributed by atoms with Crippen LogP contribution in [0, 0.1) is 11.6 Å². The predicted molar refractivity (Wildman–Crippen MR) is 99.4 cm³/mol. The molecule has 6 heteroatoms. The summed E-state index contributed by atoms with van der Waals surface area (Å²) >= 11 is 0. The lowest BCUT2D eigenvalue weighted by Crippen LogP contribution is -2.08. The van der Waals surface area contributed by atoms with Gasteiger partial charge in [0.2, 0.25) is 0 Å². The van der Waals surface area contributed by atoms with Gasteiger partial charge in [-0.3, -0.25) is 9.98 Å². The monoisotopic (exact) mass is 360 g/mol. The molecule has 0 radical (unpaired) electrons. The van der Waals surface area contributed by atoms with E-state index in [1.54, 1.807) is 36.7 Å². The molecule has 0 saturated carbocycles. The molecule has 0 amide bonds. The normalized spacial score (nSPS) is 11.6. The third-order valence-electron chi connectivity index (χ3n) is 3.28. The molecule has 0 N–H and O–H groups in total. The fraction of sp³-hybridized carbons (Fsp3) is 0.300. The Morgan fingerprint density at radius 3 is 1.58 bits per heavy atom. The molecule has 0 atom stereocenters. The van der Waals surface area contributed by atoms with Gasteiger partial charge in [-0.05, 0) is 35.4 Å². The summed E-state index contributed by atoms with van der Waals surface area (Å²) in [4.78, 5) is 8.35. The van der Waals surface area contributed by atoms with Crippen LogP contribution in [0.3, 0.4) is 0 Å². The number of nitrogens with zero attached hydrogens (tertiary/aromatic N) is 2. The Kier molecular flexibility index (Phi) is 9.18. The third kappa shape index (κ3) is 8.60. The van der Waals surface area contributed by atoms with Gasteiger partial charge in [0.1, 0.15) is 11.6 Å². The van der Waals surface area contributed by atoms with Crippen molar-refractivity contribution < 1.29 is 18.3 Å². The molecule has 0 fully saturated rings. The van der Waals surface area contributed by atoms with E-state index in [1.807, 2.05) is 0 Å². The Labute approximate surface area is 152 Å². The minimum absolute atomic E-state index is 0.275. The smallest absolute Gasteiger partial charge is 0.123 e. The van der Waals surface area contributed by atoms with E-state index in [4.69, 9.17) is 9.47 Å². The predicted octanol–water partition coefficient (Wildman–Crippen LogP) is 3.54. The number of hydrogen-bond donors (Lipinski definition) is 0. The molecule has 0 saturated heterocycles. The van der Waals surface area contributed by atoms with Gasteiger partial charge in [-0.25, -0.2) is 8.78 Å². The molecule has 2 aromatic rings. The van der Waals surface area contributed by atoms with E-state index in [1.165, 1.54) is 24.3 Å². The zero-order valence-corrected chi connectivity index (χ0v) is 14.5. The molecule has 4 nitrogen and oxygen atoms in total. The van der Waals surface area contributed by atoms with E-state index < -0.39 is 0 Å². The summed E-state index contributed by atoms with van der Waals surface area (Å²) in [5.74, 6) is -0.551. The van der Waals surface area contributed by atoms with Crippen LogP contribution in [0.5, 0.6) is 0 Å². The topological polar surface area (TPSA) is 43.2 Å². The minimum Gasteiger partial charge on any atom is -0.377 e. The van der Waals surface area contributed by atoms with Crippen LogP contribution in [0.15, 0.2) is 58.5 Å². The van der Waals surface area contributed by atoms with Gasteiger partial charge in [0.05, 0.1) is 39.5 Å². The highest BCUT2D eigenvalue weighted by atomic mass is 19.1. The van der Waals surface area contributed by atoms with Gasteiger partial charge in [0, 0.05) is 12.4 Å². The standard InChI is InChI=1S/C20H22F2N2O2/c21-19-5-1-3-17(13-19)15-23-7-9-25-11-12-26-10-8-24-16-18-4-2-6-20(22)14-18/h1-6,13-16H,7-12H2. The Bertz CT molecular complexity index is 659. The Morgan fingerprint density at radius 2 is 1.15 bits per heavy atom. The average Bonchev–Trinajstić information content (AvgIpc) is 2.63. The van der Waals surface area contributed by atoms with Crippen LogP contribution in [0.4, 0.5) is 8.78 Å². The second-order valence-corrected chi connectivity index (χ2v) is 5.41. The van der Waals surface area contributed by atoms with Gasteiger partial charge < -0.3 is 9.47 Å². The van der Waals surface area contributed by atoms with Crippen LogP contribution in [-0.4, -0.2) is 51.9 Å². The fourth-order valence-electron chi connectivity index (χ4n) is 2.07. The second-order valence-electron chi connectivity index (χ2n) is 5.41. The lowest BCUT2D eigenvalue weighted by Gasteiger charge is -2.03. The van der Waals surface area contributed by atoms with Crippen LogP contribution in [-0.2, 0) is 9.47 Å². The number of ether oxygens (including phenoxy) is 2. The van der Waals surface area contributed by atoms with Crippen LogP contribution >= 0.6 is 0 Å². The first-order valence-corrected chi connectivity index (χ1v) is 8.40. The van der Waals surface area contributed by atoms with E-state index in [9.17, 15) is 8.78 Å². The highest BCUT2D eigenvalue weighted by molar-refractivity contribution is 5.79. The molecule has 0 aliphatic rings. The van der Waals surface area contributed by atoms with Crippen molar-refractivity contribution in [2.45, 2.75) is 0 Å². The second kappa shape index (κ2) is 12.0. The van der Waals surface area contributed by atoms with Gasteiger partial charge >= 0.3 is 0 Å². The lowest BCUT2D eigenvalue weighted by molar-refractivity contribution is 0.0541. The number of hydrogen-bond acceptors (Lipinski definition) is 4. The summed E-state index contributed by atoms with van der Waals surface area (Å²) in [5.41, 5.74) is 1.46. The van der Waals surface area contributed by atoms with E-state index in [0.29, 0.717) is 39.5 Å². The number of rotatable bonds is 11. The van der Waals surface area contributed by atoms with Crippen molar-refractivity contribution >= 4 is 12.4 Å².